The van der Waals surface area contributed by atoms with Gasteiger partial charge in [-0.15, -0.1) is 0 Å². The van der Waals surface area contributed by atoms with Gasteiger partial charge in [0.15, 0.2) is 0 Å². The molecule has 0 spiro atoms. The van der Waals surface area contributed by atoms with Crippen LogP contribution in [-0.2, 0) is 0 Å². The Bertz CT molecular complexity index is 434. The summed E-state index contributed by atoms with van der Waals surface area (Å²) in [5.74, 6) is 0.858. The van der Waals surface area contributed by atoms with Gasteiger partial charge in [0.2, 0.25) is 0 Å². The zero-order chi connectivity index (χ0) is 11.2. The number of para-hydroxylation sites is 1. The normalized spacial score (nSPS) is 11.8. The first kappa shape index (κ1) is 10.5. The van der Waals surface area contributed by atoms with E-state index in [2.05, 4.69) is 6.58 Å². The van der Waals surface area contributed by atoms with Crippen molar-refractivity contribution in [2.45, 2.75) is 6.10 Å². The molecule has 1 atom stereocenters. The third kappa shape index (κ3) is 2.51. The molecule has 80 valence electrons. The Morgan fingerprint density at radius 1 is 0.875 bits per heavy atom. The number of hydrogen-bond acceptors (Lipinski definition) is 1. The van der Waals surface area contributed by atoms with Gasteiger partial charge in [-0.2, -0.15) is 0 Å². The van der Waals surface area contributed by atoms with Crippen molar-refractivity contribution >= 4 is 0 Å². The first-order valence-corrected chi connectivity index (χ1v) is 5.29. The van der Waals surface area contributed by atoms with E-state index in [9.17, 15) is 0 Å². The molecule has 0 saturated carbocycles. The van der Waals surface area contributed by atoms with Gasteiger partial charge in [-0.1, -0.05) is 55.1 Å². The zero-order valence-corrected chi connectivity index (χ0v) is 9.04. The van der Waals surface area contributed by atoms with Crippen LogP contribution in [0, 0.1) is 0 Å². The molecule has 0 saturated heterocycles. The van der Waals surface area contributed by atoms with Crippen molar-refractivity contribution in [3.63, 3.8) is 0 Å². The van der Waals surface area contributed by atoms with Crippen LogP contribution in [0.5, 0.6) is 5.75 Å². The van der Waals surface area contributed by atoms with Crippen molar-refractivity contribution in [3.05, 3.63) is 78.9 Å². The molecule has 0 aromatic heterocycles. The molecule has 1 heteroatoms. The molecule has 0 amide bonds. The maximum absolute atomic E-state index is 5.83. The van der Waals surface area contributed by atoms with Crippen LogP contribution in [0.25, 0.3) is 0 Å². The smallest absolute Gasteiger partial charge is 0.142 e. The minimum absolute atomic E-state index is 0.0939. The van der Waals surface area contributed by atoms with Crippen LogP contribution in [0.3, 0.4) is 0 Å². The molecule has 0 heterocycles. The monoisotopic (exact) mass is 210 g/mol. The number of benzene rings is 2. The van der Waals surface area contributed by atoms with Gasteiger partial charge in [0, 0.05) is 0 Å². The average Bonchev–Trinajstić information content (AvgIpc) is 2.38. The Hall–Kier alpha value is -2.02. The SMILES string of the molecule is C=CC(Oc1ccccc1)c1ccccc1. The van der Waals surface area contributed by atoms with Gasteiger partial charge in [0.25, 0.3) is 0 Å². The molecule has 0 bridgehead atoms. The summed E-state index contributed by atoms with van der Waals surface area (Å²) in [6, 6.07) is 19.8. The summed E-state index contributed by atoms with van der Waals surface area (Å²) in [6.07, 6.45) is 1.71. The number of ether oxygens (including phenoxy) is 1. The second kappa shape index (κ2) is 5.17. The van der Waals surface area contributed by atoms with Gasteiger partial charge in [-0.25, -0.2) is 0 Å². The predicted octanol–water partition coefficient (Wildman–Crippen LogP) is 3.99. The third-order valence-corrected chi connectivity index (χ3v) is 2.35. The molecule has 16 heavy (non-hydrogen) atoms. The van der Waals surface area contributed by atoms with E-state index in [1.807, 2.05) is 66.7 Å². The van der Waals surface area contributed by atoms with E-state index in [0.717, 1.165) is 11.3 Å². The maximum Gasteiger partial charge on any atom is 0.142 e. The lowest BCUT2D eigenvalue weighted by atomic mass is 10.1. The minimum Gasteiger partial charge on any atom is -0.482 e. The second-order valence-corrected chi connectivity index (χ2v) is 3.50. The van der Waals surface area contributed by atoms with Crippen molar-refractivity contribution in [3.8, 4) is 5.75 Å². The Kier molecular flexibility index (Phi) is 3.39. The molecule has 0 aliphatic carbocycles. The summed E-state index contributed by atoms with van der Waals surface area (Å²) in [6.45, 7) is 3.81. The predicted molar refractivity (Wildman–Crippen MR) is 66.5 cm³/mol. The first-order valence-electron chi connectivity index (χ1n) is 5.29. The molecule has 2 aromatic carbocycles. The van der Waals surface area contributed by atoms with Crippen molar-refractivity contribution in [1.82, 2.24) is 0 Å². The van der Waals surface area contributed by atoms with E-state index in [1.165, 1.54) is 0 Å². The summed E-state index contributed by atoms with van der Waals surface area (Å²) >= 11 is 0. The minimum atomic E-state index is -0.0939. The van der Waals surface area contributed by atoms with Crippen LogP contribution < -0.4 is 4.74 Å². The fourth-order valence-corrected chi connectivity index (χ4v) is 1.54. The fraction of sp³-hybridized carbons (Fsp3) is 0.0667. The quantitative estimate of drug-likeness (QED) is 0.693. The number of hydrogen-bond donors (Lipinski definition) is 0. The highest BCUT2D eigenvalue weighted by molar-refractivity contribution is 5.26. The van der Waals surface area contributed by atoms with Crippen LogP contribution >= 0.6 is 0 Å². The van der Waals surface area contributed by atoms with E-state index in [4.69, 9.17) is 4.74 Å². The van der Waals surface area contributed by atoms with E-state index >= 15 is 0 Å². The van der Waals surface area contributed by atoms with Gasteiger partial charge in [-0.3, -0.25) is 0 Å². The van der Waals surface area contributed by atoms with E-state index in [0.29, 0.717) is 0 Å². The Labute approximate surface area is 96.0 Å². The molecule has 1 unspecified atom stereocenters. The molecule has 0 aliphatic heterocycles. The lowest BCUT2D eigenvalue weighted by Gasteiger charge is -2.15. The third-order valence-electron chi connectivity index (χ3n) is 2.35. The highest BCUT2D eigenvalue weighted by Gasteiger charge is 2.07. The van der Waals surface area contributed by atoms with Gasteiger partial charge < -0.3 is 4.74 Å². The van der Waals surface area contributed by atoms with Crippen LogP contribution in [0.2, 0.25) is 0 Å². The Balaban J connectivity index is 2.16. The van der Waals surface area contributed by atoms with Gasteiger partial charge in [-0.05, 0) is 23.8 Å². The van der Waals surface area contributed by atoms with E-state index < -0.39 is 0 Å². The highest BCUT2D eigenvalue weighted by Crippen LogP contribution is 2.22. The van der Waals surface area contributed by atoms with Crippen molar-refractivity contribution in [1.29, 1.82) is 0 Å². The lowest BCUT2D eigenvalue weighted by molar-refractivity contribution is 0.256. The highest BCUT2D eigenvalue weighted by atomic mass is 16.5. The largest absolute Gasteiger partial charge is 0.482 e. The molecule has 0 N–H and O–H groups in total. The van der Waals surface area contributed by atoms with E-state index in [1.54, 1.807) is 0 Å². The first-order chi connectivity index (χ1) is 7.90. The van der Waals surface area contributed by atoms with Gasteiger partial charge in [0.05, 0.1) is 0 Å². The fourth-order valence-electron chi connectivity index (χ4n) is 1.54. The van der Waals surface area contributed by atoms with Crippen LogP contribution in [-0.4, -0.2) is 0 Å². The molecule has 1 nitrogen and oxygen atoms in total. The summed E-state index contributed by atoms with van der Waals surface area (Å²) in [7, 11) is 0. The van der Waals surface area contributed by atoms with Crippen molar-refractivity contribution in [2.75, 3.05) is 0 Å². The summed E-state index contributed by atoms with van der Waals surface area (Å²) in [4.78, 5) is 0. The van der Waals surface area contributed by atoms with Gasteiger partial charge >= 0.3 is 0 Å². The summed E-state index contributed by atoms with van der Waals surface area (Å²) in [5.41, 5.74) is 1.11. The van der Waals surface area contributed by atoms with Crippen LogP contribution in [0.4, 0.5) is 0 Å². The average molecular weight is 210 g/mol. The summed E-state index contributed by atoms with van der Waals surface area (Å²) in [5, 5.41) is 0. The van der Waals surface area contributed by atoms with Gasteiger partial charge in [0.1, 0.15) is 11.9 Å². The van der Waals surface area contributed by atoms with Crippen LogP contribution in [0.1, 0.15) is 11.7 Å². The molecular weight excluding hydrogens is 196 g/mol. The van der Waals surface area contributed by atoms with E-state index in [-0.39, 0.29) is 6.10 Å². The standard InChI is InChI=1S/C15H14O/c1-2-15(13-9-5-3-6-10-13)16-14-11-7-4-8-12-14/h2-12,15H,1H2. The topological polar surface area (TPSA) is 9.23 Å². The second-order valence-electron chi connectivity index (χ2n) is 3.50. The number of rotatable bonds is 4. The molecule has 2 aromatic rings. The zero-order valence-electron chi connectivity index (χ0n) is 9.04. The van der Waals surface area contributed by atoms with Crippen molar-refractivity contribution < 1.29 is 4.74 Å². The van der Waals surface area contributed by atoms with Crippen LogP contribution in [0.15, 0.2) is 73.3 Å². The Morgan fingerprint density at radius 3 is 2.00 bits per heavy atom. The maximum atomic E-state index is 5.83. The van der Waals surface area contributed by atoms with Crippen molar-refractivity contribution in [2.24, 2.45) is 0 Å². The molecule has 2 rings (SSSR count). The lowest BCUT2D eigenvalue weighted by Crippen LogP contribution is -2.03. The molecular formula is C15H14O. The molecule has 0 aliphatic rings. The Morgan fingerprint density at radius 2 is 1.44 bits per heavy atom. The summed E-state index contributed by atoms with van der Waals surface area (Å²) < 4.78 is 5.83. The molecule has 0 fully saturated rings. The molecule has 0 radical (unpaired) electrons.